The molecule has 0 unspecified atom stereocenters. The van der Waals surface area contributed by atoms with Gasteiger partial charge in [0.1, 0.15) is 0 Å². The number of nitrogens with zero attached hydrogens (tertiary/aromatic N) is 2. The van der Waals surface area contributed by atoms with E-state index in [0.29, 0.717) is 19.4 Å². The Kier molecular flexibility index (Phi) is 7.86. The third-order valence-electron chi connectivity index (χ3n) is 1.83. The maximum Gasteiger partial charge on any atom is 0.347 e. The first-order chi connectivity index (χ1) is 7.61. The lowest BCUT2D eigenvalue weighted by atomic mass is 10.0. The second kappa shape index (κ2) is 8.72. The van der Waals surface area contributed by atoms with Crippen molar-refractivity contribution in [3.8, 4) is 6.07 Å². The molecule has 0 fully saturated rings. The van der Waals surface area contributed by atoms with Crippen molar-refractivity contribution in [2.45, 2.75) is 33.6 Å². The molecule has 0 aliphatic heterocycles. The van der Waals surface area contributed by atoms with Gasteiger partial charge in [-0.1, -0.05) is 19.0 Å². The summed E-state index contributed by atoms with van der Waals surface area (Å²) in [5.41, 5.74) is 0.783. The van der Waals surface area contributed by atoms with Crippen molar-refractivity contribution < 1.29 is 14.4 Å². The molecule has 5 heteroatoms. The zero-order valence-electron chi connectivity index (χ0n) is 10.0. The van der Waals surface area contributed by atoms with Crippen molar-refractivity contribution in [1.29, 1.82) is 5.26 Å². The molecule has 0 spiro atoms. The van der Waals surface area contributed by atoms with Gasteiger partial charge in [0.15, 0.2) is 0 Å². The highest BCUT2D eigenvalue weighted by atomic mass is 16.7. The van der Waals surface area contributed by atoms with Crippen LogP contribution in [0.25, 0.3) is 0 Å². The molecule has 5 nitrogen and oxygen atoms in total. The maximum atomic E-state index is 10.9. The predicted octanol–water partition coefficient (Wildman–Crippen LogP) is 1.88. The Morgan fingerprint density at radius 2 is 2.19 bits per heavy atom. The molecule has 0 radical (unpaired) electrons. The summed E-state index contributed by atoms with van der Waals surface area (Å²) in [5.74, 6) is -0.231. The molecule has 0 aliphatic carbocycles. The fourth-order valence-corrected chi connectivity index (χ4v) is 0.994. The van der Waals surface area contributed by atoms with Crippen LogP contribution in [0.1, 0.15) is 33.6 Å². The minimum absolute atomic E-state index is 0.184. The van der Waals surface area contributed by atoms with Gasteiger partial charge < -0.3 is 9.57 Å². The van der Waals surface area contributed by atoms with Gasteiger partial charge in [-0.05, 0) is 12.8 Å². The number of ether oxygens (including phenoxy) is 1. The molecule has 0 saturated carbocycles. The molecule has 16 heavy (non-hydrogen) atoms. The number of nitriles is 1. The average Bonchev–Trinajstić information content (AvgIpc) is 2.23. The Morgan fingerprint density at radius 1 is 1.50 bits per heavy atom. The minimum Gasteiger partial charge on any atom is -0.463 e. The molecule has 0 saturated heterocycles. The first-order valence-electron chi connectivity index (χ1n) is 5.33. The molecule has 0 amide bonds. The number of hydrogen-bond donors (Lipinski definition) is 0. The molecular formula is C11H18N2O3. The molecule has 0 rings (SSSR count). The van der Waals surface area contributed by atoms with E-state index < -0.39 is 5.97 Å². The highest BCUT2D eigenvalue weighted by Crippen LogP contribution is 2.04. The summed E-state index contributed by atoms with van der Waals surface area (Å²) in [5, 5.41) is 12.3. The largest absolute Gasteiger partial charge is 0.463 e. The molecule has 0 aromatic heterocycles. The van der Waals surface area contributed by atoms with Gasteiger partial charge in [-0.2, -0.15) is 5.26 Å². The van der Waals surface area contributed by atoms with Crippen molar-refractivity contribution in [3.63, 3.8) is 0 Å². The third kappa shape index (κ3) is 6.82. The van der Waals surface area contributed by atoms with Crippen LogP contribution in [-0.4, -0.2) is 24.9 Å². The highest BCUT2D eigenvalue weighted by molar-refractivity contribution is 5.86. The monoisotopic (exact) mass is 226 g/mol. The zero-order valence-corrected chi connectivity index (χ0v) is 10.0. The van der Waals surface area contributed by atoms with Crippen LogP contribution in [0.2, 0.25) is 0 Å². The van der Waals surface area contributed by atoms with Gasteiger partial charge in [-0.25, -0.2) is 4.79 Å². The number of rotatable bonds is 7. The third-order valence-corrected chi connectivity index (χ3v) is 1.83. The van der Waals surface area contributed by atoms with E-state index in [1.807, 2.05) is 19.9 Å². The summed E-state index contributed by atoms with van der Waals surface area (Å²) in [6.07, 6.45) is 0.969. The van der Waals surface area contributed by atoms with E-state index in [9.17, 15) is 4.79 Å². The van der Waals surface area contributed by atoms with E-state index in [4.69, 9.17) is 10.1 Å². The van der Waals surface area contributed by atoms with Crippen LogP contribution in [0.5, 0.6) is 0 Å². The molecule has 0 bridgehead atoms. The van der Waals surface area contributed by atoms with Gasteiger partial charge in [0.05, 0.1) is 18.4 Å². The Balaban J connectivity index is 4.04. The van der Waals surface area contributed by atoms with Gasteiger partial charge in [-0.15, -0.1) is 0 Å². The minimum atomic E-state index is -0.436. The van der Waals surface area contributed by atoms with Crippen LogP contribution in [0.3, 0.4) is 0 Å². The maximum absolute atomic E-state index is 10.9. The van der Waals surface area contributed by atoms with Crippen LogP contribution >= 0.6 is 0 Å². The van der Waals surface area contributed by atoms with Gasteiger partial charge in [-0.3, -0.25) is 0 Å². The summed E-state index contributed by atoms with van der Waals surface area (Å²) >= 11 is 0. The summed E-state index contributed by atoms with van der Waals surface area (Å²) in [6, 6.07) is 2.04. The standard InChI is InChI=1S/C11H18N2O3/c1-4-15-11(14)8-16-13-10(9(2)3)6-5-7-12/h9H,4-6,8H2,1-3H3/b13-10+. The molecule has 0 N–H and O–H groups in total. The Bertz CT molecular complexity index is 279. The molecule has 0 heterocycles. The second-order valence-electron chi connectivity index (χ2n) is 3.47. The lowest BCUT2D eigenvalue weighted by Gasteiger charge is -2.07. The summed E-state index contributed by atoms with van der Waals surface area (Å²) in [4.78, 5) is 15.8. The summed E-state index contributed by atoms with van der Waals surface area (Å²) < 4.78 is 4.68. The molecule has 0 aromatic rings. The lowest BCUT2D eigenvalue weighted by Crippen LogP contribution is -2.13. The summed E-state index contributed by atoms with van der Waals surface area (Å²) in [6.45, 7) is 5.80. The first kappa shape index (κ1) is 14.4. The molecule has 90 valence electrons. The van der Waals surface area contributed by atoms with Crippen molar-refractivity contribution in [2.24, 2.45) is 11.1 Å². The van der Waals surface area contributed by atoms with Gasteiger partial charge >= 0.3 is 5.97 Å². The molecular weight excluding hydrogens is 208 g/mol. The number of oxime groups is 1. The number of hydrogen-bond acceptors (Lipinski definition) is 5. The van der Waals surface area contributed by atoms with E-state index in [2.05, 4.69) is 9.89 Å². The van der Waals surface area contributed by atoms with Crippen molar-refractivity contribution >= 4 is 11.7 Å². The Labute approximate surface area is 96.0 Å². The summed E-state index contributed by atoms with van der Waals surface area (Å²) in [7, 11) is 0. The van der Waals surface area contributed by atoms with Gasteiger partial charge in [0.2, 0.25) is 6.61 Å². The van der Waals surface area contributed by atoms with E-state index in [0.717, 1.165) is 5.71 Å². The van der Waals surface area contributed by atoms with Crippen LogP contribution < -0.4 is 0 Å². The predicted molar refractivity (Wildman–Crippen MR) is 59.7 cm³/mol. The smallest absolute Gasteiger partial charge is 0.347 e. The number of carbonyl (C=O) groups is 1. The van der Waals surface area contributed by atoms with E-state index in [1.54, 1.807) is 6.92 Å². The number of esters is 1. The van der Waals surface area contributed by atoms with E-state index in [-0.39, 0.29) is 12.5 Å². The molecule has 0 aromatic carbocycles. The molecule has 0 aliphatic rings. The first-order valence-corrected chi connectivity index (χ1v) is 5.33. The van der Waals surface area contributed by atoms with Crippen LogP contribution in [0.15, 0.2) is 5.16 Å². The normalized spacial score (nSPS) is 11.1. The topological polar surface area (TPSA) is 71.7 Å². The average molecular weight is 226 g/mol. The molecule has 0 atom stereocenters. The van der Waals surface area contributed by atoms with Crippen LogP contribution in [0.4, 0.5) is 0 Å². The fourth-order valence-electron chi connectivity index (χ4n) is 0.994. The highest BCUT2D eigenvalue weighted by Gasteiger charge is 2.07. The zero-order chi connectivity index (χ0) is 12.4. The Morgan fingerprint density at radius 3 is 2.69 bits per heavy atom. The van der Waals surface area contributed by atoms with Crippen molar-refractivity contribution in [2.75, 3.05) is 13.2 Å². The van der Waals surface area contributed by atoms with Crippen LogP contribution in [-0.2, 0) is 14.4 Å². The second-order valence-corrected chi connectivity index (χ2v) is 3.47. The van der Waals surface area contributed by atoms with E-state index in [1.165, 1.54) is 0 Å². The lowest BCUT2D eigenvalue weighted by molar-refractivity contribution is -0.148. The van der Waals surface area contributed by atoms with E-state index >= 15 is 0 Å². The van der Waals surface area contributed by atoms with Crippen molar-refractivity contribution in [1.82, 2.24) is 0 Å². The van der Waals surface area contributed by atoms with Gasteiger partial charge in [0.25, 0.3) is 0 Å². The quantitative estimate of drug-likeness (QED) is 0.377. The Hall–Kier alpha value is -1.57. The number of carbonyl (C=O) groups excluding carboxylic acids is 1. The SMILES string of the molecule is CCOC(=O)CO/N=C(\CCC#N)C(C)C. The fraction of sp³-hybridized carbons (Fsp3) is 0.727. The van der Waals surface area contributed by atoms with Crippen LogP contribution in [0, 0.1) is 17.2 Å². The van der Waals surface area contributed by atoms with Crippen molar-refractivity contribution in [3.05, 3.63) is 0 Å². The van der Waals surface area contributed by atoms with Gasteiger partial charge in [0, 0.05) is 12.8 Å².